The van der Waals surface area contributed by atoms with Gasteiger partial charge in [0.25, 0.3) is 0 Å². The van der Waals surface area contributed by atoms with E-state index in [2.05, 4.69) is 39.8 Å². The van der Waals surface area contributed by atoms with Crippen LogP contribution in [0.4, 0.5) is 0 Å². The van der Waals surface area contributed by atoms with Gasteiger partial charge in [-0.15, -0.1) is 22.7 Å². The molecule has 1 aliphatic rings. The molecule has 2 aromatic heterocycles. The van der Waals surface area contributed by atoms with Crippen molar-refractivity contribution in [2.24, 2.45) is 0 Å². The molecule has 3 heteroatoms. The predicted octanol–water partition coefficient (Wildman–Crippen LogP) is 4.88. The topological polar surface area (TPSA) is 17.1 Å². The van der Waals surface area contributed by atoms with E-state index in [0.29, 0.717) is 0 Å². The van der Waals surface area contributed by atoms with E-state index in [9.17, 15) is 4.79 Å². The molecule has 0 saturated heterocycles. The number of rotatable bonds is 1. The Kier molecular flexibility index (Phi) is 2.55. The van der Waals surface area contributed by atoms with Crippen LogP contribution in [0.25, 0.3) is 9.75 Å². The molecule has 0 unspecified atom stereocenters. The van der Waals surface area contributed by atoms with Crippen LogP contribution < -0.4 is 0 Å². The van der Waals surface area contributed by atoms with Gasteiger partial charge < -0.3 is 0 Å². The second-order valence-electron chi connectivity index (χ2n) is 5.74. The van der Waals surface area contributed by atoms with Crippen molar-refractivity contribution < 1.29 is 4.79 Å². The van der Waals surface area contributed by atoms with Crippen molar-refractivity contribution in [3.63, 3.8) is 0 Å². The van der Waals surface area contributed by atoms with E-state index in [-0.39, 0.29) is 11.2 Å². The monoisotopic (exact) mass is 276 g/mol. The summed E-state index contributed by atoms with van der Waals surface area (Å²) in [6.45, 7) is 8.74. The van der Waals surface area contributed by atoms with Gasteiger partial charge in [-0.1, -0.05) is 27.7 Å². The summed E-state index contributed by atoms with van der Waals surface area (Å²) in [7, 11) is 0. The second kappa shape index (κ2) is 3.78. The molecule has 94 valence electrons. The highest BCUT2D eigenvalue weighted by Gasteiger charge is 2.33. The van der Waals surface area contributed by atoms with Crippen molar-refractivity contribution in [2.75, 3.05) is 0 Å². The van der Waals surface area contributed by atoms with E-state index in [0.717, 1.165) is 17.5 Å². The highest BCUT2D eigenvalue weighted by Crippen LogP contribution is 2.48. The zero-order valence-electron chi connectivity index (χ0n) is 11.1. The number of carbonyl (C=O) groups is 1. The lowest BCUT2D eigenvalue weighted by atomic mass is 9.94. The molecule has 0 spiro atoms. The number of ketones is 1. The van der Waals surface area contributed by atoms with Crippen molar-refractivity contribution in [3.05, 3.63) is 33.0 Å². The van der Waals surface area contributed by atoms with Crippen LogP contribution in [0.1, 0.15) is 53.4 Å². The first-order chi connectivity index (χ1) is 8.41. The SMILES string of the molecule is CCc1cc2c(s1)-c1sc(C(C)(C)C)cc1C2=O. The molecule has 0 saturated carbocycles. The van der Waals surface area contributed by atoms with Crippen molar-refractivity contribution in [1.29, 1.82) is 0 Å². The molecule has 3 rings (SSSR count). The Morgan fingerprint density at radius 2 is 1.67 bits per heavy atom. The Labute approximate surface area is 115 Å². The fourth-order valence-corrected chi connectivity index (χ4v) is 4.66. The second-order valence-corrected chi connectivity index (χ2v) is 7.93. The van der Waals surface area contributed by atoms with Crippen molar-refractivity contribution >= 4 is 28.5 Å². The molecule has 2 heterocycles. The van der Waals surface area contributed by atoms with Gasteiger partial charge in [-0.05, 0) is 24.0 Å². The van der Waals surface area contributed by atoms with Gasteiger partial charge in [-0.2, -0.15) is 0 Å². The molecule has 2 aromatic rings. The van der Waals surface area contributed by atoms with Crippen molar-refractivity contribution in [2.45, 2.75) is 39.5 Å². The Bertz CT molecular complexity index is 638. The van der Waals surface area contributed by atoms with Crippen LogP contribution in [0.3, 0.4) is 0 Å². The fourth-order valence-electron chi connectivity index (χ4n) is 2.20. The quantitative estimate of drug-likeness (QED) is 0.619. The largest absolute Gasteiger partial charge is 0.288 e. The smallest absolute Gasteiger partial charge is 0.196 e. The van der Waals surface area contributed by atoms with Gasteiger partial charge in [0.1, 0.15) is 0 Å². The summed E-state index contributed by atoms with van der Waals surface area (Å²) >= 11 is 3.57. The number of thiophene rings is 2. The Hall–Kier alpha value is -0.930. The summed E-state index contributed by atoms with van der Waals surface area (Å²) < 4.78 is 0. The highest BCUT2D eigenvalue weighted by molar-refractivity contribution is 7.23. The van der Waals surface area contributed by atoms with E-state index in [1.807, 2.05) is 0 Å². The zero-order chi connectivity index (χ0) is 13.1. The van der Waals surface area contributed by atoms with Crippen LogP contribution >= 0.6 is 22.7 Å². The Morgan fingerprint density at radius 3 is 2.28 bits per heavy atom. The van der Waals surface area contributed by atoms with E-state index in [4.69, 9.17) is 0 Å². The molecule has 1 aliphatic carbocycles. The van der Waals surface area contributed by atoms with Gasteiger partial charge in [-0.25, -0.2) is 0 Å². The first kappa shape index (κ1) is 12.1. The normalized spacial score (nSPS) is 13.9. The molecule has 0 amide bonds. The first-order valence-electron chi connectivity index (χ1n) is 6.24. The van der Waals surface area contributed by atoms with Crippen LogP contribution in [0, 0.1) is 0 Å². The molecule has 0 aliphatic heterocycles. The van der Waals surface area contributed by atoms with E-state index >= 15 is 0 Å². The molecule has 18 heavy (non-hydrogen) atoms. The van der Waals surface area contributed by atoms with Gasteiger partial charge in [0.05, 0.1) is 9.75 Å². The van der Waals surface area contributed by atoms with Crippen molar-refractivity contribution in [1.82, 2.24) is 0 Å². The maximum absolute atomic E-state index is 12.4. The van der Waals surface area contributed by atoms with E-state index in [1.165, 1.54) is 19.5 Å². The molecular weight excluding hydrogens is 260 g/mol. The summed E-state index contributed by atoms with van der Waals surface area (Å²) in [6.07, 6.45) is 1.01. The van der Waals surface area contributed by atoms with Gasteiger partial charge in [0, 0.05) is 20.9 Å². The first-order valence-corrected chi connectivity index (χ1v) is 7.87. The van der Waals surface area contributed by atoms with Crippen LogP contribution in [-0.4, -0.2) is 5.78 Å². The van der Waals surface area contributed by atoms with Gasteiger partial charge in [-0.3, -0.25) is 4.79 Å². The number of aryl methyl sites for hydroxylation is 1. The standard InChI is InChI=1S/C15H16OS2/c1-5-8-6-9-12(16)10-7-11(15(2,3)4)18-14(10)13(9)17-8/h6-7H,5H2,1-4H3. The highest BCUT2D eigenvalue weighted by atomic mass is 32.1. The van der Waals surface area contributed by atoms with Gasteiger partial charge in [0.2, 0.25) is 0 Å². The molecule has 0 atom stereocenters. The molecule has 0 fully saturated rings. The lowest BCUT2D eigenvalue weighted by Gasteiger charge is -2.15. The maximum Gasteiger partial charge on any atom is 0.196 e. The maximum atomic E-state index is 12.4. The molecular formula is C15H16OS2. The molecule has 0 N–H and O–H groups in total. The minimum atomic E-state index is 0.125. The summed E-state index contributed by atoms with van der Waals surface area (Å²) in [5, 5.41) is 0. The average Bonchev–Trinajstić information content (AvgIpc) is 2.93. The molecule has 1 nitrogen and oxygen atoms in total. The van der Waals surface area contributed by atoms with E-state index < -0.39 is 0 Å². The number of hydrogen-bond donors (Lipinski definition) is 0. The lowest BCUT2D eigenvalue weighted by Crippen LogP contribution is -2.08. The summed E-state index contributed by atoms with van der Waals surface area (Å²) in [5.74, 6) is 0.225. The Balaban J connectivity index is 2.18. The van der Waals surface area contributed by atoms with Crippen LogP contribution in [0.5, 0.6) is 0 Å². The number of hydrogen-bond acceptors (Lipinski definition) is 3. The minimum absolute atomic E-state index is 0.125. The zero-order valence-corrected chi connectivity index (χ0v) is 12.7. The third kappa shape index (κ3) is 1.61. The predicted molar refractivity (Wildman–Crippen MR) is 79.1 cm³/mol. The number of fused-ring (bicyclic) bond motifs is 3. The molecule has 0 aromatic carbocycles. The third-order valence-electron chi connectivity index (χ3n) is 3.30. The van der Waals surface area contributed by atoms with Gasteiger partial charge >= 0.3 is 0 Å². The lowest BCUT2D eigenvalue weighted by molar-refractivity contribution is 0.104. The average molecular weight is 276 g/mol. The molecule has 0 radical (unpaired) electrons. The third-order valence-corrected chi connectivity index (χ3v) is 6.30. The van der Waals surface area contributed by atoms with E-state index in [1.54, 1.807) is 22.7 Å². The van der Waals surface area contributed by atoms with Gasteiger partial charge in [0.15, 0.2) is 5.78 Å². The number of carbonyl (C=O) groups excluding carboxylic acids is 1. The van der Waals surface area contributed by atoms with Crippen molar-refractivity contribution in [3.8, 4) is 9.75 Å². The van der Waals surface area contributed by atoms with Crippen LogP contribution in [0.2, 0.25) is 0 Å². The summed E-state index contributed by atoms with van der Waals surface area (Å²) in [5.41, 5.74) is 1.98. The minimum Gasteiger partial charge on any atom is -0.288 e. The van der Waals surface area contributed by atoms with Crippen LogP contribution in [-0.2, 0) is 11.8 Å². The summed E-state index contributed by atoms with van der Waals surface area (Å²) in [4.78, 5) is 17.4. The fraction of sp³-hybridized carbons (Fsp3) is 0.400. The van der Waals surface area contributed by atoms with Crippen LogP contribution in [0.15, 0.2) is 12.1 Å². The Morgan fingerprint density at radius 1 is 1.06 bits per heavy atom. The summed E-state index contributed by atoms with van der Waals surface area (Å²) in [6, 6.07) is 4.17. The molecule has 0 bridgehead atoms.